The first-order valence-corrected chi connectivity index (χ1v) is 13.2. The SMILES string of the molecule is CC(=O)Nc1nc(C)c(-c2cc3c(c(S(=O)(=O)NC4CC4)c2)C(=O)N(C(C)C2CC2)C3)s1. The molecule has 1 aliphatic heterocycles. The molecule has 5 rings (SSSR count). The van der Waals surface area contributed by atoms with Crippen LogP contribution in [-0.4, -0.2) is 42.2 Å². The van der Waals surface area contributed by atoms with Crippen LogP contribution in [0.2, 0.25) is 0 Å². The Morgan fingerprint density at radius 2 is 1.97 bits per heavy atom. The highest BCUT2D eigenvalue weighted by molar-refractivity contribution is 7.89. The molecule has 32 heavy (non-hydrogen) atoms. The third-order valence-corrected chi connectivity index (χ3v) is 8.99. The lowest BCUT2D eigenvalue weighted by Gasteiger charge is -2.24. The quantitative estimate of drug-likeness (QED) is 0.640. The minimum atomic E-state index is -3.85. The molecular weight excluding hydrogens is 448 g/mol. The van der Waals surface area contributed by atoms with E-state index in [1.807, 2.05) is 24.8 Å². The molecule has 170 valence electrons. The molecule has 2 fully saturated rings. The Kier molecular flexibility index (Phi) is 5.14. The molecule has 0 radical (unpaired) electrons. The van der Waals surface area contributed by atoms with Gasteiger partial charge in [-0.25, -0.2) is 18.1 Å². The van der Waals surface area contributed by atoms with Crippen LogP contribution in [0, 0.1) is 12.8 Å². The van der Waals surface area contributed by atoms with Gasteiger partial charge in [0.1, 0.15) is 0 Å². The van der Waals surface area contributed by atoms with Crippen molar-refractivity contribution in [2.45, 2.75) is 70.0 Å². The number of fused-ring (bicyclic) bond motifs is 1. The van der Waals surface area contributed by atoms with E-state index in [0.717, 1.165) is 36.1 Å². The molecule has 1 aromatic carbocycles. The average Bonchev–Trinajstić information content (AvgIpc) is 3.63. The number of carbonyl (C=O) groups excluding carboxylic acids is 2. The number of nitrogens with one attached hydrogen (secondary N) is 2. The van der Waals surface area contributed by atoms with Crippen molar-refractivity contribution in [3.8, 4) is 10.4 Å². The molecule has 1 unspecified atom stereocenters. The van der Waals surface area contributed by atoms with Crippen LogP contribution in [-0.2, 0) is 21.4 Å². The molecule has 3 aliphatic rings. The molecule has 2 aliphatic carbocycles. The number of carbonyl (C=O) groups is 2. The minimum Gasteiger partial charge on any atom is -0.331 e. The zero-order valence-corrected chi connectivity index (χ0v) is 19.9. The van der Waals surface area contributed by atoms with Crippen molar-refractivity contribution < 1.29 is 18.0 Å². The van der Waals surface area contributed by atoms with Crippen molar-refractivity contribution in [3.05, 3.63) is 29.0 Å². The van der Waals surface area contributed by atoms with E-state index in [0.29, 0.717) is 34.4 Å². The first-order valence-electron chi connectivity index (χ1n) is 10.9. The van der Waals surface area contributed by atoms with Crippen molar-refractivity contribution in [2.75, 3.05) is 5.32 Å². The number of aryl methyl sites for hydroxylation is 1. The lowest BCUT2D eigenvalue weighted by Crippen LogP contribution is -2.35. The Morgan fingerprint density at radius 3 is 2.59 bits per heavy atom. The molecule has 10 heteroatoms. The van der Waals surface area contributed by atoms with Gasteiger partial charge >= 0.3 is 0 Å². The summed E-state index contributed by atoms with van der Waals surface area (Å²) in [6, 6.07) is 3.52. The predicted molar refractivity (Wildman–Crippen MR) is 122 cm³/mol. The van der Waals surface area contributed by atoms with Gasteiger partial charge in [-0.3, -0.25) is 9.59 Å². The molecule has 2 heterocycles. The monoisotopic (exact) mass is 474 g/mol. The molecule has 1 aromatic heterocycles. The van der Waals surface area contributed by atoms with Crippen LogP contribution in [0.3, 0.4) is 0 Å². The van der Waals surface area contributed by atoms with Crippen molar-refractivity contribution >= 4 is 38.3 Å². The number of aromatic nitrogens is 1. The van der Waals surface area contributed by atoms with Crippen molar-refractivity contribution in [1.29, 1.82) is 0 Å². The summed E-state index contributed by atoms with van der Waals surface area (Å²) >= 11 is 1.30. The van der Waals surface area contributed by atoms with Crippen LogP contribution < -0.4 is 10.0 Å². The van der Waals surface area contributed by atoms with Gasteiger partial charge in [-0.05, 0) is 68.7 Å². The van der Waals surface area contributed by atoms with Gasteiger partial charge in [-0.2, -0.15) is 0 Å². The number of amides is 2. The summed E-state index contributed by atoms with van der Waals surface area (Å²) in [7, 11) is -3.85. The van der Waals surface area contributed by atoms with Crippen LogP contribution in [0.15, 0.2) is 17.0 Å². The van der Waals surface area contributed by atoms with Gasteiger partial charge in [0.15, 0.2) is 5.13 Å². The molecule has 0 spiro atoms. The van der Waals surface area contributed by atoms with Crippen molar-refractivity contribution in [1.82, 2.24) is 14.6 Å². The van der Waals surface area contributed by atoms with Gasteiger partial charge in [0.05, 0.1) is 21.0 Å². The zero-order valence-electron chi connectivity index (χ0n) is 18.3. The minimum absolute atomic E-state index is 0.0428. The molecule has 2 N–H and O–H groups in total. The highest BCUT2D eigenvalue weighted by Gasteiger charge is 2.42. The van der Waals surface area contributed by atoms with Crippen LogP contribution in [0.1, 0.15) is 61.1 Å². The van der Waals surface area contributed by atoms with E-state index in [1.54, 1.807) is 6.07 Å². The first-order chi connectivity index (χ1) is 15.1. The molecule has 2 amide bonds. The highest BCUT2D eigenvalue weighted by atomic mass is 32.2. The molecule has 0 saturated heterocycles. The van der Waals surface area contributed by atoms with E-state index in [4.69, 9.17) is 0 Å². The molecule has 1 atom stereocenters. The van der Waals surface area contributed by atoms with Crippen molar-refractivity contribution in [3.63, 3.8) is 0 Å². The maximum absolute atomic E-state index is 13.4. The zero-order chi connectivity index (χ0) is 22.8. The average molecular weight is 475 g/mol. The number of sulfonamides is 1. The van der Waals surface area contributed by atoms with Gasteiger partial charge in [0.25, 0.3) is 5.91 Å². The standard InChI is InChI=1S/C22H26N4O4S2/c1-11-20(31-22(23-11)24-13(3)27)15-8-16-10-26(12(2)14-4-5-14)21(28)19(16)18(9-15)32(29,30)25-17-6-7-17/h8-9,12,14,17,25H,4-7,10H2,1-3H3,(H,23,24,27). The van der Waals surface area contributed by atoms with E-state index in [-0.39, 0.29) is 28.8 Å². The van der Waals surface area contributed by atoms with Gasteiger partial charge in [-0.1, -0.05) is 11.3 Å². The summed E-state index contributed by atoms with van der Waals surface area (Å²) in [4.78, 5) is 31.8. The summed E-state index contributed by atoms with van der Waals surface area (Å²) < 4.78 is 29.3. The summed E-state index contributed by atoms with van der Waals surface area (Å²) in [6.07, 6.45) is 3.84. The normalized spacial score (nSPS) is 19.2. The smallest absolute Gasteiger partial charge is 0.256 e. The van der Waals surface area contributed by atoms with E-state index in [2.05, 4.69) is 15.0 Å². The highest BCUT2D eigenvalue weighted by Crippen LogP contribution is 2.42. The van der Waals surface area contributed by atoms with Crippen LogP contribution in [0.5, 0.6) is 0 Å². The van der Waals surface area contributed by atoms with Crippen LogP contribution in [0.4, 0.5) is 5.13 Å². The van der Waals surface area contributed by atoms with Crippen LogP contribution in [0.25, 0.3) is 10.4 Å². The van der Waals surface area contributed by atoms with Gasteiger partial charge in [0, 0.05) is 25.6 Å². The Hall–Kier alpha value is -2.30. The maximum atomic E-state index is 13.4. The fourth-order valence-electron chi connectivity index (χ4n) is 4.30. The Morgan fingerprint density at radius 1 is 1.25 bits per heavy atom. The second kappa shape index (κ2) is 7.64. The lowest BCUT2D eigenvalue weighted by atomic mass is 10.0. The third-order valence-electron chi connectivity index (χ3n) is 6.33. The lowest BCUT2D eigenvalue weighted by molar-refractivity contribution is -0.114. The van der Waals surface area contributed by atoms with Crippen molar-refractivity contribution in [2.24, 2.45) is 5.92 Å². The number of hydrogen-bond acceptors (Lipinski definition) is 6. The predicted octanol–water partition coefficient (Wildman–Crippen LogP) is 3.27. The summed E-state index contributed by atoms with van der Waals surface area (Å²) in [5.41, 5.74) is 2.41. The number of benzene rings is 1. The fraction of sp³-hybridized carbons (Fsp3) is 0.500. The molecular formula is C22H26N4O4S2. The van der Waals surface area contributed by atoms with E-state index < -0.39 is 10.0 Å². The van der Waals surface area contributed by atoms with E-state index in [1.165, 1.54) is 18.3 Å². The summed E-state index contributed by atoms with van der Waals surface area (Å²) in [5, 5.41) is 3.16. The number of hydrogen-bond donors (Lipinski definition) is 2. The first kappa shape index (κ1) is 21.5. The summed E-state index contributed by atoms with van der Waals surface area (Å²) in [5.74, 6) is 0.0647. The fourth-order valence-corrected chi connectivity index (χ4v) is 6.87. The number of anilines is 1. The number of rotatable bonds is 7. The largest absolute Gasteiger partial charge is 0.331 e. The van der Waals surface area contributed by atoms with Gasteiger partial charge < -0.3 is 10.2 Å². The number of nitrogens with zero attached hydrogens (tertiary/aromatic N) is 2. The second-order valence-electron chi connectivity index (χ2n) is 9.03. The van der Waals surface area contributed by atoms with E-state index >= 15 is 0 Å². The topological polar surface area (TPSA) is 108 Å². The molecule has 0 bridgehead atoms. The molecule has 2 aromatic rings. The second-order valence-corrected chi connectivity index (χ2v) is 11.7. The van der Waals surface area contributed by atoms with E-state index in [9.17, 15) is 18.0 Å². The Bertz CT molecular complexity index is 1230. The molecule has 2 saturated carbocycles. The maximum Gasteiger partial charge on any atom is 0.256 e. The summed E-state index contributed by atoms with van der Waals surface area (Å²) in [6.45, 7) is 5.70. The molecule has 8 nitrogen and oxygen atoms in total. The van der Waals surface area contributed by atoms with Gasteiger partial charge in [0.2, 0.25) is 15.9 Å². The Labute approximate surface area is 191 Å². The number of thiazole rings is 1. The van der Waals surface area contributed by atoms with Crippen LogP contribution >= 0.6 is 11.3 Å². The van der Waals surface area contributed by atoms with Gasteiger partial charge in [-0.15, -0.1) is 0 Å². The Balaban J connectivity index is 1.61. The third kappa shape index (κ3) is 3.95.